The highest BCUT2D eigenvalue weighted by molar-refractivity contribution is 5.95. The molecule has 0 saturated carbocycles. The van der Waals surface area contributed by atoms with Crippen LogP contribution in [-0.2, 0) is 9.59 Å². The van der Waals surface area contributed by atoms with Gasteiger partial charge < -0.3 is 20.3 Å². The fraction of sp³-hybridized carbons (Fsp3) is 0.529. The molecule has 0 aliphatic carbocycles. The third-order valence-corrected chi connectivity index (χ3v) is 4.56. The Morgan fingerprint density at radius 2 is 2.00 bits per heavy atom. The van der Waals surface area contributed by atoms with Crippen LogP contribution in [0.3, 0.4) is 0 Å². The number of hydrogen-bond acceptors (Lipinski definition) is 4. The largest absolute Gasteiger partial charge is 0.484 e. The number of halogens is 1. The van der Waals surface area contributed by atoms with Crippen molar-refractivity contribution in [1.29, 1.82) is 0 Å². The molecule has 0 radical (unpaired) electrons. The fourth-order valence-electron chi connectivity index (χ4n) is 3.13. The highest BCUT2D eigenvalue weighted by atomic mass is 35.5. The Labute approximate surface area is 148 Å². The second kappa shape index (κ2) is 8.35. The summed E-state index contributed by atoms with van der Waals surface area (Å²) in [5, 5.41) is 0. The average molecular weight is 354 g/mol. The normalized spacial score (nSPS) is 20.2. The van der Waals surface area contributed by atoms with Crippen LogP contribution in [0.5, 0.6) is 5.75 Å². The van der Waals surface area contributed by atoms with Gasteiger partial charge in [0.2, 0.25) is 5.91 Å². The fourth-order valence-corrected chi connectivity index (χ4v) is 3.13. The number of rotatable bonds is 5. The predicted molar refractivity (Wildman–Crippen MR) is 94.5 cm³/mol. The number of hydrogen-bond donors (Lipinski definition) is 1. The first-order valence-electron chi connectivity index (χ1n) is 8.18. The van der Waals surface area contributed by atoms with Gasteiger partial charge in [-0.05, 0) is 49.6 Å². The minimum Gasteiger partial charge on any atom is -0.484 e. The molecule has 2 aliphatic heterocycles. The van der Waals surface area contributed by atoms with Gasteiger partial charge in [-0.1, -0.05) is 0 Å². The van der Waals surface area contributed by atoms with E-state index in [-0.39, 0.29) is 30.8 Å². The molecule has 1 aromatic rings. The summed E-state index contributed by atoms with van der Waals surface area (Å²) in [4.78, 5) is 27.4. The van der Waals surface area contributed by atoms with Crippen molar-refractivity contribution in [2.45, 2.75) is 19.3 Å². The lowest BCUT2D eigenvalue weighted by Gasteiger charge is -2.18. The first kappa shape index (κ1) is 18.5. The summed E-state index contributed by atoms with van der Waals surface area (Å²) in [6.07, 6.45) is 2.50. The first-order valence-corrected chi connectivity index (χ1v) is 8.18. The van der Waals surface area contributed by atoms with Crippen molar-refractivity contribution in [2.75, 3.05) is 37.7 Å². The molecule has 0 spiro atoms. The third kappa shape index (κ3) is 4.19. The van der Waals surface area contributed by atoms with Crippen LogP contribution >= 0.6 is 12.4 Å². The minimum atomic E-state index is -0.000234. The molecule has 7 heteroatoms. The van der Waals surface area contributed by atoms with E-state index in [1.165, 1.54) is 0 Å². The molecule has 1 unspecified atom stereocenters. The van der Waals surface area contributed by atoms with E-state index >= 15 is 0 Å². The highest BCUT2D eigenvalue weighted by Crippen LogP contribution is 2.24. The van der Waals surface area contributed by atoms with Gasteiger partial charge in [0.1, 0.15) is 5.75 Å². The van der Waals surface area contributed by atoms with E-state index in [4.69, 9.17) is 10.5 Å². The standard InChI is InChI=1S/C17H23N3O3.ClH/c18-10-13-7-9-19(11-13)17(22)12-23-15-5-3-14(4-6-15)20-8-1-2-16(20)21;/h3-6,13H,1-2,7-12,18H2;1H. The van der Waals surface area contributed by atoms with Crippen LogP contribution in [0.2, 0.25) is 0 Å². The first-order chi connectivity index (χ1) is 11.2. The maximum absolute atomic E-state index is 12.1. The number of likely N-dealkylation sites (tertiary alicyclic amines) is 1. The Morgan fingerprint density at radius 3 is 2.58 bits per heavy atom. The molecule has 2 heterocycles. The lowest BCUT2D eigenvalue weighted by atomic mass is 10.1. The average Bonchev–Trinajstić information content (AvgIpc) is 3.22. The Hall–Kier alpha value is -1.79. The van der Waals surface area contributed by atoms with Crippen LogP contribution in [0.1, 0.15) is 19.3 Å². The van der Waals surface area contributed by atoms with Crippen LogP contribution in [0.15, 0.2) is 24.3 Å². The zero-order chi connectivity index (χ0) is 16.2. The quantitative estimate of drug-likeness (QED) is 0.868. The topological polar surface area (TPSA) is 75.9 Å². The zero-order valence-corrected chi connectivity index (χ0v) is 14.5. The summed E-state index contributed by atoms with van der Waals surface area (Å²) in [5.41, 5.74) is 6.53. The van der Waals surface area contributed by atoms with Crippen LogP contribution in [0, 0.1) is 5.92 Å². The Morgan fingerprint density at radius 1 is 1.25 bits per heavy atom. The molecule has 2 aliphatic rings. The molecular formula is C17H24ClN3O3. The number of carbonyl (C=O) groups is 2. The molecular weight excluding hydrogens is 330 g/mol. The predicted octanol–water partition coefficient (Wildman–Crippen LogP) is 1.42. The molecule has 2 amide bonds. The highest BCUT2D eigenvalue weighted by Gasteiger charge is 2.25. The molecule has 3 rings (SSSR count). The van der Waals surface area contributed by atoms with Crippen molar-refractivity contribution in [1.82, 2.24) is 4.90 Å². The number of carbonyl (C=O) groups excluding carboxylic acids is 2. The van der Waals surface area contributed by atoms with Gasteiger partial charge in [-0.2, -0.15) is 0 Å². The summed E-state index contributed by atoms with van der Waals surface area (Å²) in [6.45, 7) is 2.93. The van der Waals surface area contributed by atoms with Crippen LogP contribution in [0.25, 0.3) is 0 Å². The van der Waals surface area contributed by atoms with Gasteiger partial charge in [-0.3, -0.25) is 9.59 Å². The second-order valence-corrected chi connectivity index (χ2v) is 6.16. The number of amides is 2. The van der Waals surface area contributed by atoms with Crippen molar-refractivity contribution in [2.24, 2.45) is 11.7 Å². The smallest absolute Gasteiger partial charge is 0.260 e. The van der Waals surface area contributed by atoms with Gasteiger partial charge in [-0.25, -0.2) is 0 Å². The molecule has 24 heavy (non-hydrogen) atoms. The molecule has 1 aromatic carbocycles. The van der Waals surface area contributed by atoms with Crippen LogP contribution < -0.4 is 15.4 Å². The molecule has 0 aromatic heterocycles. The summed E-state index contributed by atoms with van der Waals surface area (Å²) in [6, 6.07) is 7.34. The Kier molecular flexibility index (Phi) is 6.45. The van der Waals surface area contributed by atoms with Crippen molar-refractivity contribution in [3.63, 3.8) is 0 Å². The summed E-state index contributed by atoms with van der Waals surface area (Å²) >= 11 is 0. The number of nitrogens with two attached hydrogens (primary N) is 1. The van der Waals surface area contributed by atoms with Crippen molar-refractivity contribution < 1.29 is 14.3 Å². The van der Waals surface area contributed by atoms with E-state index < -0.39 is 0 Å². The van der Waals surface area contributed by atoms with Crippen molar-refractivity contribution >= 4 is 29.9 Å². The van der Waals surface area contributed by atoms with Gasteiger partial charge in [0, 0.05) is 31.7 Å². The monoisotopic (exact) mass is 353 g/mol. The van der Waals surface area contributed by atoms with E-state index in [0.29, 0.717) is 24.6 Å². The van der Waals surface area contributed by atoms with Gasteiger partial charge in [0.15, 0.2) is 6.61 Å². The number of benzene rings is 1. The van der Waals surface area contributed by atoms with Crippen LogP contribution in [-0.4, -0.2) is 49.5 Å². The molecule has 2 saturated heterocycles. The Balaban J connectivity index is 0.00000208. The maximum Gasteiger partial charge on any atom is 0.260 e. The van der Waals surface area contributed by atoms with Gasteiger partial charge in [0.05, 0.1) is 0 Å². The molecule has 1 atom stereocenters. The van der Waals surface area contributed by atoms with Crippen LogP contribution in [0.4, 0.5) is 5.69 Å². The molecule has 132 valence electrons. The van der Waals surface area contributed by atoms with E-state index in [2.05, 4.69) is 0 Å². The zero-order valence-electron chi connectivity index (χ0n) is 13.6. The molecule has 6 nitrogen and oxygen atoms in total. The summed E-state index contributed by atoms with van der Waals surface area (Å²) in [7, 11) is 0. The number of anilines is 1. The van der Waals surface area contributed by atoms with E-state index in [9.17, 15) is 9.59 Å². The molecule has 2 fully saturated rings. The van der Waals surface area contributed by atoms with E-state index in [0.717, 1.165) is 38.2 Å². The lowest BCUT2D eigenvalue weighted by molar-refractivity contribution is -0.132. The SMILES string of the molecule is Cl.NCC1CCN(C(=O)COc2ccc(N3CCCC3=O)cc2)C1. The summed E-state index contributed by atoms with van der Waals surface area (Å²) < 4.78 is 5.57. The van der Waals surface area contributed by atoms with E-state index in [1.807, 2.05) is 17.0 Å². The van der Waals surface area contributed by atoms with Gasteiger partial charge in [0.25, 0.3) is 5.91 Å². The third-order valence-electron chi connectivity index (χ3n) is 4.56. The molecule has 0 bridgehead atoms. The van der Waals surface area contributed by atoms with Crippen molar-refractivity contribution in [3.8, 4) is 5.75 Å². The number of nitrogens with zero attached hydrogens (tertiary/aromatic N) is 2. The van der Waals surface area contributed by atoms with Gasteiger partial charge in [-0.15, -0.1) is 12.4 Å². The minimum absolute atomic E-state index is 0. The van der Waals surface area contributed by atoms with Gasteiger partial charge >= 0.3 is 0 Å². The Bertz CT molecular complexity index is 579. The van der Waals surface area contributed by atoms with Crippen molar-refractivity contribution in [3.05, 3.63) is 24.3 Å². The summed E-state index contributed by atoms with van der Waals surface area (Å²) in [5.74, 6) is 1.22. The lowest BCUT2D eigenvalue weighted by Crippen LogP contribution is -2.33. The maximum atomic E-state index is 12.1. The second-order valence-electron chi connectivity index (χ2n) is 6.16. The van der Waals surface area contributed by atoms with E-state index in [1.54, 1.807) is 17.0 Å². The molecule has 2 N–H and O–H groups in total. The number of ether oxygens (including phenoxy) is 1.